The highest BCUT2D eigenvalue weighted by molar-refractivity contribution is 7.89. The average Bonchev–Trinajstić information content (AvgIpc) is 3.16. The van der Waals surface area contributed by atoms with Crippen molar-refractivity contribution in [2.24, 2.45) is 0 Å². The van der Waals surface area contributed by atoms with Gasteiger partial charge in [-0.2, -0.15) is 4.31 Å². The second kappa shape index (κ2) is 7.52. The lowest BCUT2D eigenvalue weighted by Crippen LogP contribution is -2.47. The summed E-state index contributed by atoms with van der Waals surface area (Å²) in [4.78, 5) is 20.3. The molecule has 1 N–H and O–H groups in total. The number of piperidine rings is 2. The van der Waals surface area contributed by atoms with E-state index in [4.69, 9.17) is 4.74 Å². The normalized spacial score (nSPS) is 23.2. The highest BCUT2D eigenvalue weighted by Gasteiger charge is 2.35. The molecule has 2 fully saturated rings. The van der Waals surface area contributed by atoms with E-state index in [1.54, 1.807) is 4.90 Å². The van der Waals surface area contributed by atoms with Crippen LogP contribution in [0.1, 0.15) is 38.5 Å². The summed E-state index contributed by atoms with van der Waals surface area (Å²) in [5.74, 6) is 0. The SMILES string of the molecule is O=C(OCC1CCCCN1S(=O)(=O)c1cnc[nH]1)N1CCCCC1. The van der Waals surface area contributed by atoms with Crippen LogP contribution in [0.5, 0.6) is 0 Å². The van der Waals surface area contributed by atoms with Crippen molar-refractivity contribution in [3.63, 3.8) is 0 Å². The number of hydrogen-bond acceptors (Lipinski definition) is 5. The summed E-state index contributed by atoms with van der Waals surface area (Å²) in [6, 6.07) is -0.319. The maximum absolute atomic E-state index is 12.7. The first kappa shape index (κ1) is 17.2. The van der Waals surface area contributed by atoms with Crippen LogP contribution in [0.25, 0.3) is 0 Å². The second-order valence-electron chi connectivity index (χ2n) is 6.31. The predicted molar refractivity (Wildman–Crippen MR) is 86.9 cm³/mol. The number of ether oxygens (including phenoxy) is 1. The van der Waals surface area contributed by atoms with Crippen molar-refractivity contribution in [1.82, 2.24) is 19.2 Å². The minimum absolute atomic E-state index is 0.0803. The van der Waals surface area contributed by atoms with Crippen molar-refractivity contribution in [3.8, 4) is 0 Å². The van der Waals surface area contributed by atoms with Crippen LogP contribution in [0.3, 0.4) is 0 Å². The van der Waals surface area contributed by atoms with E-state index in [-0.39, 0.29) is 23.8 Å². The molecule has 24 heavy (non-hydrogen) atoms. The van der Waals surface area contributed by atoms with Gasteiger partial charge >= 0.3 is 6.09 Å². The van der Waals surface area contributed by atoms with Gasteiger partial charge in [-0.3, -0.25) is 0 Å². The van der Waals surface area contributed by atoms with Crippen molar-refractivity contribution < 1.29 is 17.9 Å². The number of carbonyl (C=O) groups is 1. The molecule has 8 nitrogen and oxygen atoms in total. The minimum Gasteiger partial charge on any atom is -0.448 e. The highest BCUT2D eigenvalue weighted by atomic mass is 32.2. The third-order valence-corrected chi connectivity index (χ3v) is 6.52. The number of aromatic nitrogens is 2. The van der Waals surface area contributed by atoms with Gasteiger partial charge in [-0.15, -0.1) is 0 Å². The van der Waals surface area contributed by atoms with E-state index in [2.05, 4.69) is 9.97 Å². The number of likely N-dealkylation sites (tertiary alicyclic amines) is 1. The second-order valence-corrected chi connectivity index (χ2v) is 8.16. The Bertz CT molecular complexity index is 640. The van der Waals surface area contributed by atoms with Crippen molar-refractivity contribution >= 4 is 16.1 Å². The van der Waals surface area contributed by atoms with Gasteiger partial charge in [0.15, 0.2) is 5.03 Å². The summed E-state index contributed by atoms with van der Waals surface area (Å²) in [7, 11) is -3.63. The molecule has 1 aromatic rings. The first-order chi connectivity index (χ1) is 11.6. The van der Waals surface area contributed by atoms with E-state index >= 15 is 0 Å². The lowest BCUT2D eigenvalue weighted by atomic mass is 10.1. The number of sulfonamides is 1. The Kier molecular flexibility index (Phi) is 5.40. The molecule has 134 valence electrons. The smallest absolute Gasteiger partial charge is 0.409 e. The van der Waals surface area contributed by atoms with Crippen LogP contribution >= 0.6 is 0 Å². The van der Waals surface area contributed by atoms with Crippen LogP contribution < -0.4 is 0 Å². The number of nitrogens with zero attached hydrogens (tertiary/aromatic N) is 3. The summed E-state index contributed by atoms with van der Waals surface area (Å²) >= 11 is 0. The maximum Gasteiger partial charge on any atom is 0.409 e. The van der Waals surface area contributed by atoms with E-state index in [0.29, 0.717) is 13.0 Å². The van der Waals surface area contributed by atoms with E-state index in [1.807, 2.05) is 0 Å². The third kappa shape index (κ3) is 3.72. The fraction of sp³-hybridized carbons (Fsp3) is 0.733. The number of carbonyl (C=O) groups excluding carboxylic acids is 1. The van der Waals surface area contributed by atoms with Gasteiger partial charge in [-0.25, -0.2) is 18.2 Å². The molecule has 1 amide bonds. The predicted octanol–water partition coefficient (Wildman–Crippen LogP) is 1.58. The van der Waals surface area contributed by atoms with Gasteiger partial charge in [0.05, 0.1) is 18.6 Å². The highest BCUT2D eigenvalue weighted by Crippen LogP contribution is 2.24. The first-order valence-electron chi connectivity index (χ1n) is 8.51. The van der Waals surface area contributed by atoms with E-state index < -0.39 is 10.0 Å². The summed E-state index contributed by atoms with van der Waals surface area (Å²) < 4.78 is 32.3. The Morgan fingerprint density at radius 2 is 1.96 bits per heavy atom. The Labute approximate surface area is 142 Å². The van der Waals surface area contributed by atoms with Crippen molar-refractivity contribution in [2.75, 3.05) is 26.2 Å². The molecule has 1 atom stereocenters. The van der Waals surface area contributed by atoms with Crippen LogP contribution in [-0.2, 0) is 14.8 Å². The van der Waals surface area contributed by atoms with E-state index in [9.17, 15) is 13.2 Å². The zero-order valence-electron chi connectivity index (χ0n) is 13.7. The van der Waals surface area contributed by atoms with E-state index in [1.165, 1.54) is 16.8 Å². The Balaban J connectivity index is 1.63. The van der Waals surface area contributed by atoms with Gasteiger partial charge in [0, 0.05) is 19.6 Å². The molecule has 0 spiro atoms. The van der Waals surface area contributed by atoms with Gasteiger partial charge in [0.1, 0.15) is 6.61 Å². The Morgan fingerprint density at radius 1 is 1.21 bits per heavy atom. The monoisotopic (exact) mass is 356 g/mol. The molecule has 0 saturated carbocycles. The van der Waals surface area contributed by atoms with Crippen LogP contribution in [0.4, 0.5) is 4.79 Å². The molecular formula is C15H24N4O4S. The zero-order valence-corrected chi connectivity index (χ0v) is 14.5. The summed E-state index contributed by atoms with van der Waals surface area (Å²) in [5, 5.41) is 0.0803. The number of imidazole rings is 1. The number of H-pyrrole nitrogens is 1. The lowest BCUT2D eigenvalue weighted by molar-refractivity contribution is 0.0694. The van der Waals surface area contributed by atoms with Crippen LogP contribution in [-0.4, -0.2) is 66.0 Å². The van der Waals surface area contributed by atoms with Crippen LogP contribution in [0.2, 0.25) is 0 Å². The van der Waals surface area contributed by atoms with Gasteiger partial charge in [-0.05, 0) is 32.1 Å². The quantitative estimate of drug-likeness (QED) is 0.883. The molecule has 2 aliphatic heterocycles. The van der Waals surface area contributed by atoms with Crippen molar-refractivity contribution in [1.29, 1.82) is 0 Å². The topological polar surface area (TPSA) is 95.6 Å². The molecular weight excluding hydrogens is 332 g/mol. The van der Waals surface area contributed by atoms with Crippen LogP contribution in [0.15, 0.2) is 17.6 Å². The van der Waals surface area contributed by atoms with Crippen molar-refractivity contribution in [2.45, 2.75) is 49.6 Å². The summed E-state index contributed by atoms with van der Waals surface area (Å²) in [5.41, 5.74) is 0. The molecule has 0 aliphatic carbocycles. The van der Waals surface area contributed by atoms with E-state index in [0.717, 1.165) is 45.2 Å². The van der Waals surface area contributed by atoms with Crippen LogP contribution in [0, 0.1) is 0 Å². The fourth-order valence-corrected chi connectivity index (χ4v) is 4.88. The molecule has 3 heterocycles. The maximum atomic E-state index is 12.7. The summed E-state index contributed by atoms with van der Waals surface area (Å²) in [6.45, 7) is 1.98. The number of rotatable bonds is 4. The van der Waals surface area contributed by atoms with Gasteiger partial charge < -0.3 is 14.6 Å². The molecule has 3 rings (SSSR count). The largest absolute Gasteiger partial charge is 0.448 e. The fourth-order valence-electron chi connectivity index (χ4n) is 3.30. The molecule has 2 aliphatic rings. The molecule has 2 saturated heterocycles. The molecule has 0 radical (unpaired) electrons. The summed E-state index contributed by atoms with van der Waals surface area (Å²) in [6.07, 6.45) is 7.90. The Morgan fingerprint density at radius 3 is 2.67 bits per heavy atom. The van der Waals surface area contributed by atoms with Gasteiger partial charge in [-0.1, -0.05) is 6.42 Å². The minimum atomic E-state index is -3.63. The third-order valence-electron chi connectivity index (χ3n) is 4.65. The molecule has 0 bridgehead atoms. The average molecular weight is 356 g/mol. The molecule has 1 unspecified atom stereocenters. The van der Waals surface area contributed by atoms with Crippen molar-refractivity contribution in [3.05, 3.63) is 12.5 Å². The first-order valence-corrected chi connectivity index (χ1v) is 9.95. The molecule has 1 aromatic heterocycles. The number of aromatic amines is 1. The Hall–Kier alpha value is -1.61. The molecule has 9 heteroatoms. The standard InChI is InChI=1S/C15H24N4O4S/c20-15(18-7-3-1-4-8-18)23-11-13-6-2-5-9-19(13)24(21,22)14-10-16-12-17-14/h10,12-13H,1-9,11H2,(H,16,17). The molecule has 0 aromatic carbocycles. The zero-order chi connectivity index (χ0) is 17.0. The lowest BCUT2D eigenvalue weighted by Gasteiger charge is -2.34. The number of nitrogens with one attached hydrogen (secondary N) is 1. The number of amides is 1. The number of hydrogen-bond donors (Lipinski definition) is 1. The van der Waals surface area contributed by atoms with Gasteiger partial charge in [0.2, 0.25) is 0 Å². The van der Waals surface area contributed by atoms with Gasteiger partial charge in [0.25, 0.3) is 10.0 Å².